The molecule has 0 bridgehead atoms. The molecule has 1 aromatic heterocycles. The number of aromatic amines is 1. The Labute approximate surface area is 119 Å². The molecule has 1 saturated heterocycles. The van der Waals surface area contributed by atoms with E-state index in [-0.39, 0.29) is 17.1 Å². The molecule has 1 aliphatic heterocycles. The summed E-state index contributed by atoms with van der Waals surface area (Å²) in [6.07, 6.45) is 1.94. The molecule has 3 rings (SSSR count). The number of nitrogens with two attached hydrogens (primary N) is 1. The van der Waals surface area contributed by atoms with Crippen LogP contribution in [0.4, 0.5) is 0 Å². The van der Waals surface area contributed by atoms with Gasteiger partial charge in [0.25, 0.3) is 0 Å². The van der Waals surface area contributed by atoms with Crippen LogP contribution in [0.15, 0.2) is 30.5 Å². The average molecular weight is 272 g/mol. The number of hydrogen-bond acceptors (Lipinski definition) is 3. The monoisotopic (exact) mass is 272 g/mol. The highest BCUT2D eigenvalue weighted by atomic mass is 16.7. The fourth-order valence-corrected chi connectivity index (χ4v) is 2.55. The minimum atomic E-state index is -0.431. The smallest absolute Gasteiger partial charge is 0.402 e. The Kier molecular flexibility index (Phi) is 2.97. The summed E-state index contributed by atoms with van der Waals surface area (Å²) in [5, 5.41) is 1.12. The summed E-state index contributed by atoms with van der Waals surface area (Å²) >= 11 is 0. The van der Waals surface area contributed by atoms with Crippen LogP contribution in [0.2, 0.25) is 0 Å². The van der Waals surface area contributed by atoms with Crippen LogP contribution in [0.5, 0.6) is 0 Å². The van der Waals surface area contributed by atoms with E-state index in [0.717, 1.165) is 16.5 Å². The highest BCUT2D eigenvalue weighted by Crippen LogP contribution is 2.40. The second-order valence-corrected chi connectivity index (χ2v) is 6.44. The zero-order valence-corrected chi connectivity index (χ0v) is 12.4. The molecule has 5 heteroatoms. The van der Waals surface area contributed by atoms with Crippen LogP contribution in [0.1, 0.15) is 39.2 Å². The number of aromatic nitrogens is 1. The molecule has 0 aliphatic carbocycles. The van der Waals surface area contributed by atoms with Gasteiger partial charge in [-0.15, -0.1) is 0 Å². The van der Waals surface area contributed by atoms with E-state index in [1.165, 1.54) is 0 Å². The van der Waals surface area contributed by atoms with Crippen molar-refractivity contribution in [2.45, 2.75) is 44.8 Å². The molecule has 2 aromatic rings. The molecule has 0 radical (unpaired) electrons. The van der Waals surface area contributed by atoms with Crippen molar-refractivity contribution in [3.63, 3.8) is 0 Å². The number of H-pyrrole nitrogens is 1. The average Bonchev–Trinajstić information content (AvgIpc) is 2.88. The van der Waals surface area contributed by atoms with Gasteiger partial charge in [-0.3, -0.25) is 0 Å². The second kappa shape index (κ2) is 4.35. The third-order valence-corrected chi connectivity index (χ3v) is 4.55. The molecule has 106 valence electrons. The Bertz CT molecular complexity index is 620. The Hall–Kier alpha value is -1.30. The van der Waals surface area contributed by atoms with Crippen molar-refractivity contribution in [1.29, 1.82) is 0 Å². The Morgan fingerprint density at radius 1 is 1.10 bits per heavy atom. The summed E-state index contributed by atoms with van der Waals surface area (Å²) in [4.78, 5) is 3.24. The Morgan fingerprint density at radius 3 is 2.35 bits per heavy atom. The Balaban J connectivity index is 1.93. The number of nitrogens with one attached hydrogen (secondary N) is 1. The van der Waals surface area contributed by atoms with Crippen molar-refractivity contribution in [1.82, 2.24) is 4.98 Å². The maximum Gasteiger partial charge on any atom is 0.480 e. The molecule has 3 N–H and O–H groups in total. The summed E-state index contributed by atoms with van der Waals surface area (Å²) < 4.78 is 12.1. The van der Waals surface area contributed by atoms with Gasteiger partial charge in [-0.25, -0.2) is 0 Å². The highest BCUT2D eigenvalue weighted by Gasteiger charge is 2.53. The first-order chi connectivity index (χ1) is 9.32. The lowest BCUT2D eigenvalue weighted by Crippen LogP contribution is -2.41. The number of para-hydroxylation sites is 1. The van der Waals surface area contributed by atoms with Crippen LogP contribution in [0.3, 0.4) is 0 Å². The van der Waals surface area contributed by atoms with Crippen molar-refractivity contribution in [3.05, 3.63) is 36.0 Å². The standard InChI is InChI=1S/C15H21BN2O2/c1-14(2)15(3,4)20-16(19-14)13(17)11-9-18-12-8-6-5-7-10(11)12/h5-9,13,18H,17H2,1-4H3/t13-/m0/s1. The summed E-state index contributed by atoms with van der Waals surface area (Å²) in [7, 11) is -0.431. The quantitative estimate of drug-likeness (QED) is 0.826. The summed E-state index contributed by atoms with van der Waals surface area (Å²) in [5.74, 6) is -0.313. The van der Waals surface area contributed by atoms with E-state index in [0.29, 0.717) is 0 Å². The van der Waals surface area contributed by atoms with Crippen LogP contribution in [-0.2, 0) is 9.31 Å². The minimum absolute atomic E-state index is 0.313. The molecule has 20 heavy (non-hydrogen) atoms. The lowest BCUT2D eigenvalue weighted by molar-refractivity contribution is 0.00578. The van der Waals surface area contributed by atoms with Crippen LogP contribution in [-0.4, -0.2) is 23.3 Å². The molecule has 0 spiro atoms. The van der Waals surface area contributed by atoms with Crippen molar-refractivity contribution < 1.29 is 9.31 Å². The van der Waals surface area contributed by atoms with Gasteiger partial charge >= 0.3 is 7.12 Å². The zero-order chi connectivity index (χ0) is 14.5. The van der Waals surface area contributed by atoms with E-state index in [9.17, 15) is 0 Å². The molecule has 0 amide bonds. The van der Waals surface area contributed by atoms with Crippen molar-refractivity contribution >= 4 is 18.0 Å². The molecular weight excluding hydrogens is 251 g/mol. The van der Waals surface area contributed by atoms with E-state index in [1.54, 1.807) is 0 Å². The van der Waals surface area contributed by atoms with Crippen LogP contribution in [0, 0.1) is 0 Å². The van der Waals surface area contributed by atoms with Gasteiger partial charge in [0, 0.05) is 17.1 Å². The van der Waals surface area contributed by atoms with E-state index in [2.05, 4.69) is 11.1 Å². The molecule has 2 heterocycles. The Morgan fingerprint density at radius 2 is 1.70 bits per heavy atom. The summed E-state index contributed by atoms with van der Waals surface area (Å²) in [6, 6.07) is 8.11. The molecule has 0 unspecified atom stereocenters. The normalized spacial score (nSPS) is 22.4. The molecule has 1 aromatic carbocycles. The molecule has 1 fully saturated rings. The number of benzene rings is 1. The molecule has 1 atom stereocenters. The highest BCUT2D eigenvalue weighted by molar-refractivity contribution is 6.47. The second-order valence-electron chi connectivity index (χ2n) is 6.44. The van der Waals surface area contributed by atoms with Gasteiger partial charge in [-0.1, -0.05) is 18.2 Å². The predicted octanol–water partition coefficient (Wildman–Crippen LogP) is 2.80. The molecule has 0 saturated carbocycles. The van der Waals surface area contributed by atoms with E-state index in [1.807, 2.05) is 52.1 Å². The topological polar surface area (TPSA) is 60.3 Å². The van der Waals surface area contributed by atoms with Gasteiger partial charge in [0.05, 0.1) is 17.1 Å². The molecule has 1 aliphatic rings. The van der Waals surface area contributed by atoms with Gasteiger partial charge in [0.1, 0.15) is 0 Å². The SMILES string of the molecule is CC1(C)OB([C@@H](N)c2c[nH]c3ccccc23)OC1(C)C. The van der Waals surface area contributed by atoms with Gasteiger partial charge in [0.15, 0.2) is 0 Å². The van der Waals surface area contributed by atoms with Crippen molar-refractivity contribution in [2.75, 3.05) is 0 Å². The first-order valence-electron chi connectivity index (χ1n) is 6.99. The largest absolute Gasteiger partial charge is 0.480 e. The number of fused-ring (bicyclic) bond motifs is 1. The van der Waals surface area contributed by atoms with E-state index < -0.39 is 7.12 Å². The predicted molar refractivity (Wildman–Crippen MR) is 81.3 cm³/mol. The fraction of sp³-hybridized carbons (Fsp3) is 0.467. The molecule has 4 nitrogen and oxygen atoms in total. The first-order valence-corrected chi connectivity index (χ1v) is 6.99. The van der Waals surface area contributed by atoms with E-state index >= 15 is 0 Å². The lowest BCUT2D eigenvalue weighted by atomic mass is 9.75. The van der Waals surface area contributed by atoms with E-state index in [4.69, 9.17) is 15.0 Å². The summed E-state index contributed by atoms with van der Waals surface area (Å²) in [6.45, 7) is 8.15. The maximum atomic E-state index is 6.38. The summed E-state index contributed by atoms with van der Waals surface area (Å²) in [5.41, 5.74) is 7.77. The van der Waals surface area contributed by atoms with Gasteiger partial charge in [-0.2, -0.15) is 0 Å². The number of hydrogen-bond donors (Lipinski definition) is 2. The van der Waals surface area contributed by atoms with Crippen molar-refractivity contribution in [2.24, 2.45) is 5.73 Å². The minimum Gasteiger partial charge on any atom is -0.402 e. The van der Waals surface area contributed by atoms with Gasteiger partial charge in [0.2, 0.25) is 0 Å². The van der Waals surface area contributed by atoms with Crippen LogP contribution < -0.4 is 5.73 Å². The third-order valence-electron chi connectivity index (χ3n) is 4.55. The van der Waals surface area contributed by atoms with Crippen LogP contribution >= 0.6 is 0 Å². The van der Waals surface area contributed by atoms with Gasteiger partial charge in [-0.05, 0) is 39.3 Å². The zero-order valence-electron chi connectivity index (χ0n) is 12.4. The van der Waals surface area contributed by atoms with Crippen LogP contribution in [0.25, 0.3) is 10.9 Å². The van der Waals surface area contributed by atoms with Crippen molar-refractivity contribution in [3.8, 4) is 0 Å². The first kappa shape index (κ1) is 13.7. The fourth-order valence-electron chi connectivity index (χ4n) is 2.55. The van der Waals surface area contributed by atoms with Gasteiger partial charge < -0.3 is 20.0 Å². The third kappa shape index (κ3) is 1.97. The maximum absolute atomic E-state index is 6.38. The molecular formula is C15H21BN2O2. The lowest BCUT2D eigenvalue weighted by Gasteiger charge is -2.32. The number of rotatable bonds is 2.